The van der Waals surface area contributed by atoms with Crippen LogP contribution in [0, 0.1) is 0 Å². The molecule has 1 aromatic rings. The highest BCUT2D eigenvalue weighted by atomic mass is 16.6. The van der Waals surface area contributed by atoms with Gasteiger partial charge >= 0.3 is 6.09 Å². The number of nitrogens with one attached hydrogen (secondary N) is 1. The fraction of sp³-hybridized carbons (Fsp3) is 0.556. The molecule has 2 atom stereocenters. The van der Waals surface area contributed by atoms with Crippen molar-refractivity contribution in [3.8, 4) is 0 Å². The first-order valence-corrected chi connectivity index (χ1v) is 7.91. The Morgan fingerprint density at radius 3 is 2.43 bits per heavy atom. The molecule has 1 aromatic carbocycles. The first kappa shape index (κ1) is 17.5. The fourth-order valence-corrected chi connectivity index (χ4v) is 2.29. The average Bonchev–Trinajstić information content (AvgIpc) is 3.21. The van der Waals surface area contributed by atoms with Gasteiger partial charge in [0.05, 0.1) is 12.6 Å². The van der Waals surface area contributed by atoms with E-state index in [-0.39, 0.29) is 5.78 Å². The van der Waals surface area contributed by atoms with Gasteiger partial charge < -0.3 is 14.8 Å². The normalized spacial score (nSPS) is 21.4. The molecule has 0 unspecified atom stereocenters. The van der Waals surface area contributed by atoms with Gasteiger partial charge in [-0.1, -0.05) is 30.3 Å². The number of ketones is 1. The minimum absolute atomic E-state index is 0.0979. The van der Waals surface area contributed by atoms with Gasteiger partial charge in [-0.15, -0.1) is 0 Å². The minimum atomic E-state index is -0.767. The Bertz CT molecular complexity index is 558. The van der Waals surface area contributed by atoms with Crippen molar-refractivity contribution in [2.45, 2.75) is 57.8 Å². The minimum Gasteiger partial charge on any atom is -0.444 e. The molecule has 5 heteroatoms. The number of benzene rings is 1. The lowest BCUT2D eigenvalue weighted by molar-refractivity contribution is -0.125. The Hall–Kier alpha value is -1.88. The number of carbonyl (C=O) groups is 2. The quantitative estimate of drug-likeness (QED) is 0.819. The van der Waals surface area contributed by atoms with Crippen LogP contribution in [0.4, 0.5) is 4.79 Å². The molecule has 2 rings (SSSR count). The molecule has 0 aromatic heterocycles. The Labute approximate surface area is 137 Å². The van der Waals surface area contributed by atoms with Crippen molar-refractivity contribution in [2.75, 3.05) is 6.61 Å². The maximum atomic E-state index is 12.6. The molecule has 23 heavy (non-hydrogen) atoms. The van der Waals surface area contributed by atoms with Gasteiger partial charge in [-0.25, -0.2) is 4.79 Å². The zero-order valence-electron chi connectivity index (χ0n) is 14.2. The summed E-state index contributed by atoms with van der Waals surface area (Å²) in [6.45, 7) is 7.53. The highest BCUT2D eigenvalue weighted by Gasteiger charge is 2.50. The van der Waals surface area contributed by atoms with E-state index in [4.69, 9.17) is 9.47 Å². The fourth-order valence-electron chi connectivity index (χ4n) is 2.29. The van der Waals surface area contributed by atoms with Crippen molar-refractivity contribution in [1.82, 2.24) is 5.32 Å². The van der Waals surface area contributed by atoms with Crippen LogP contribution >= 0.6 is 0 Å². The van der Waals surface area contributed by atoms with Crippen molar-refractivity contribution in [2.24, 2.45) is 0 Å². The molecule has 1 saturated heterocycles. The van der Waals surface area contributed by atoms with E-state index in [0.29, 0.717) is 19.4 Å². The van der Waals surface area contributed by atoms with E-state index in [1.807, 2.05) is 30.3 Å². The van der Waals surface area contributed by atoms with Gasteiger partial charge in [-0.05, 0) is 46.1 Å². The van der Waals surface area contributed by atoms with Crippen molar-refractivity contribution < 1.29 is 19.1 Å². The van der Waals surface area contributed by atoms with E-state index in [1.165, 1.54) is 0 Å². The van der Waals surface area contributed by atoms with Crippen LogP contribution in [0.25, 0.3) is 0 Å². The van der Waals surface area contributed by atoms with E-state index in [1.54, 1.807) is 27.7 Å². The number of rotatable bonds is 6. The molecule has 1 amide bonds. The molecule has 0 spiro atoms. The van der Waals surface area contributed by atoms with E-state index in [0.717, 1.165) is 5.56 Å². The van der Waals surface area contributed by atoms with Gasteiger partial charge in [0.25, 0.3) is 0 Å². The molecule has 1 aliphatic heterocycles. The molecule has 1 N–H and O–H groups in total. The van der Waals surface area contributed by atoms with Gasteiger partial charge in [0.15, 0.2) is 5.78 Å². The second kappa shape index (κ2) is 6.71. The van der Waals surface area contributed by atoms with Gasteiger partial charge in [-0.3, -0.25) is 4.79 Å². The Balaban J connectivity index is 2.00. The van der Waals surface area contributed by atoms with Gasteiger partial charge in [-0.2, -0.15) is 0 Å². The van der Waals surface area contributed by atoms with Crippen LogP contribution in [0.2, 0.25) is 0 Å². The topological polar surface area (TPSA) is 67.9 Å². The van der Waals surface area contributed by atoms with Gasteiger partial charge in [0.2, 0.25) is 0 Å². The number of amides is 1. The van der Waals surface area contributed by atoms with Crippen LogP contribution in [0.1, 0.15) is 39.7 Å². The number of carbonyl (C=O) groups excluding carboxylic acids is 2. The number of hydrogen-bond acceptors (Lipinski definition) is 4. The van der Waals surface area contributed by atoms with Crippen molar-refractivity contribution >= 4 is 11.9 Å². The first-order valence-electron chi connectivity index (χ1n) is 7.91. The van der Waals surface area contributed by atoms with E-state index >= 15 is 0 Å². The van der Waals surface area contributed by atoms with E-state index in [9.17, 15) is 9.59 Å². The standard InChI is InChI=1S/C18H25NO4/c1-17(2,3)23-16(21)19-14(15(20)18(4)12-22-18)11-10-13-8-6-5-7-9-13/h5-9,14H,10-12H2,1-4H3,(H,19,21)/t14-,18-/m0/s1. The lowest BCUT2D eigenvalue weighted by Crippen LogP contribution is -2.47. The van der Waals surface area contributed by atoms with Crippen LogP contribution < -0.4 is 5.32 Å². The molecular formula is C18H25NO4. The van der Waals surface area contributed by atoms with Crippen LogP contribution in [-0.2, 0) is 20.7 Å². The molecule has 0 saturated carbocycles. The van der Waals surface area contributed by atoms with E-state index in [2.05, 4.69) is 5.32 Å². The second-order valence-corrected chi connectivity index (χ2v) is 7.11. The summed E-state index contributed by atoms with van der Waals surface area (Å²) in [4.78, 5) is 24.6. The Kier molecular flexibility index (Phi) is 5.09. The first-order chi connectivity index (χ1) is 10.7. The summed E-state index contributed by atoms with van der Waals surface area (Å²) < 4.78 is 10.5. The van der Waals surface area contributed by atoms with Crippen LogP contribution in [-0.4, -0.2) is 35.7 Å². The monoisotopic (exact) mass is 319 g/mol. The summed E-state index contributed by atoms with van der Waals surface area (Å²) in [6.07, 6.45) is 0.637. The van der Waals surface area contributed by atoms with Crippen molar-refractivity contribution in [1.29, 1.82) is 0 Å². The molecule has 126 valence electrons. The number of aryl methyl sites for hydroxylation is 1. The molecule has 0 aliphatic carbocycles. The van der Waals surface area contributed by atoms with E-state index < -0.39 is 23.3 Å². The Morgan fingerprint density at radius 1 is 1.30 bits per heavy atom. The van der Waals surface area contributed by atoms with Gasteiger partial charge in [0, 0.05) is 0 Å². The third-order valence-corrected chi connectivity index (χ3v) is 3.67. The summed E-state index contributed by atoms with van der Waals surface area (Å²) >= 11 is 0. The highest BCUT2D eigenvalue weighted by molar-refractivity contribution is 5.95. The summed E-state index contributed by atoms with van der Waals surface area (Å²) in [5, 5.41) is 2.70. The zero-order valence-corrected chi connectivity index (χ0v) is 14.2. The number of alkyl carbamates (subject to hydrolysis) is 1. The Morgan fingerprint density at radius 2 is 1.91 bits per heavy atom. The third-order valence-electron chi connectivity index (χ3n) is 3.67. The lowest BCUT2D eigenvalue weighted by atomic mass is 9.95. The molecule has 0 bridgehead atoms. The summed E-state index contributed by atoms with van der Waals surface area (Å²) in [5.41, 5.74) is -0.244. The average molecular weight is 319 g/mol. The zero-order chi connectivity index (χ0) is 17.1. The van der Waals surface area contributed by atoms with Crippen molar-refractivity contribution in [3.05, 3.63) is 35.9 Å². The predicted octanol–water partition coefficient (Wildman–Crippen LogP) is 2.87. The maximum absolute atomic E-state index is 12.6. The summed E-state index contributed by atoms with van der Waals surface area (Å²) in [5.74, 6) is -0.0979. The molecule has 1 fully saturated rings. The SMILES string of the molecule is CC(C)(C)OC(=O)N[C@@H](CCc1ccccc1)C(=O)[C@]1(C)CO1. The van der Waals surface area contributed by atoms with Crippen LogP contribution in [0.15, 0.2) is 30.3 Å². The highest BCUT2D eigenvalue weighted by Crippen LogP contribution is 2.29. The van der Waals surface area contributed by atoms with Crippen LogP contribution in [0.3, 0.4) is 0 Å². The smallest absolute Gasteiger partial charge is 0.408 e. The molecule has 1 aliphatic rings. The van der Waals surface area contributed by atoms with Gasteiger partial charge in [0.1, 0.15) is 11.2 Å². The summed E-state index contributed by atoms with van der Waals surface area (Å²) in [6, 6.07) is 9.26. The largest absolute Gasteiger partial charge is 0.444 e. The predicted molar refractivity (Wildman–Crippen MR) is 87.3 cm³/mol. The molecular weight excluding hydrogens is 294 g/mol. The third kappa shape index (κ3) is 5.36. The van der Waals surface area contributed by atoms with Crippen molar-refractivity contribution in [3.63, 3.8) is 0 Å². The molecule has 5 nitrogen and oxygen atoms in total. The number of Topliss-reactive ketones (excluding diaryl/α,β-unsaturated/α-hetero) is 1. The number of ether oxygens (including phenoxy) is 2. The number of hydrogen-bond donors (Lipinski definition) is 1. The maximum Gasteiger partial charge on any atom is 0.408 e. The second-order valence-electron chi connectivity index (χ2n) is 7.11. The number of epoxide rings is 1. The molecule has 0 radical (unpaired) electrons. The lowest BCUT2D eigenvalue weighted by Gasteiger charge is -2.24. The molecule has 1 heterocycles. The summed E-state index contributed by atoms with van der Waals surface area (Å²) in [7, 11) is 0. The van der Waals surface area contributed by atoms with Crippen LogP contribution in [0.5, 0.6) is 0 Å².